The van der Waals surface area contributed by atoms with Gasteiger partial charge in [0, 0.05) is 13.2 Å². The van der Waals surface area contributed by atoms with Gasteiger partial charge >= 0.3 is 0 Å². The van der Waals surface area contributed by atoms with E-state index < -0.39 is 0 Å². The van der Waals surface area contributed by atoms with E-state index in [2.05, 4.69) is 11.1 Å². The van der Waals surface area contributed by atoms with Gasteiger partial charge in [-0.25, -0.2) is 9.37 Å². The van der Waals surface area contributed by atoms with E-state index in [0.29, 0.717) is 11.4 Å². The SMILES string of the molecule is CC(c1ccc(F)cc1)N(C)c1ncccc1C#N. The molecule has 3 nitrogen and oxygen atoms in total. The van der Waals surface area contributed by atoms with Gasteiger partial charge in [-0.15, -0.1) is 0 Å². The third kappa shape index (κ3) is 2.71. The molecule has 0 aliphatic carbocycles. The van der Waals surface area contributed by atoms with Crippen LogP contribution in [0.1, 0.15) is 24.1 Å². The van der Waals surface area contributed by atoms with E-state index in [-0.39, 0.29) is 11.9 Å². The maximum Gasteiger partial charge on any atom is 0.146 e. The number of benzene rings is 1. The molecule has 0 amide bonds. The molecule has 0 saturated carbocycles. The maximum atomic E-state index is 12.9. The summed E-state index contributed by atoms with van der Waals surface area (Å²) in [6, 6.07) is 11.9. The smallest absolute Gasteiger partial charge is 0.146 e. The van der Waals surface area contributed by atoms with E-state index >= 15 is 0 Å². The fourth-order valence-corrected chi connectivity index (χ4v) is 1.91. The van der Waals surface area contributed by atoms with Gasteiger partial charge in [-0.1, -0.05) is 12.1 Å². The molecular weight excluding hydrogens is 241 g/mol. The summed E-state index contributed by atoms with van der Waals surface area (Å²) in [5.41, 5.74) is 1.50. The Morgan fingerprint density at radius 3 is 2.58 bits per heavy atom. The van der Waals surface area contributed by atoms with Crippen LogP contribution in [0.25, 0.3) is 0 Å². The Bertz CT molecular complexity index is 602. The van der Waals surface area contributed by atoms with Gasteiger partial charge in [0.25, 0.3) is 0 Å². The van der Waals surface area contributed by atoms with Crippen molar-refractivity contribution in [2.45, 2.75) is 13.0 Å². The minimum Gasteiger partial charge on any atom is -0.352 e. The van der Waals surface area contributed by atoms with Gasteiger partial charge in [-0.3, -0.25) is 0 Å². The first-order valence-corrected chi connectivity index (χ1v) is 5.97. The third-order valence-electron chi connectivity index (χ3n) is 3.17. The van der Waals surface area contributed by atoms with Crippen LogP contribution in [-0.2, 0) is 0 Å². The highest BCUT2D eigenvalue weighted by atomic mass is 19.1. The van der Waals surface area contributed by atoms with Crippen molar-refractivity contribution in [3.8, 4) is 6.07 Å². The summed E-state index contributed by atoms with van der Waals surface area (Å²) in [5, 5.41) is 9.09. The lowest BCUT2D eigenvalue weighted by atomic mass is 10.1. The zero-order valence-electron chi connectivity index (χ0n) is 10.8. The van der Waals surface area contributed by atoms with Gasteiger partial charge in [-0.05, 0) is 36.8 Å². The molecule has 2 rings (SSSR count). The molecule has 0 saturated heterocycles. The highest BCUT2D eigenvalue weighted by Gasteiger charge is 2.16. The van der Waals surface area contributed by atoms with Crippen molar-refractivity contribution in [1.82, 2.24) is 4.98 Å². The summed E-state index contributed by atoms with van der Waals surface area (Å²) in [5.74, 6) is 0.371. The van der Waals surface area contributed by atoms with E-state index in [1.54, 1.807) is 30.5 Å². The summed E-state index contributed by atoms with van der Waals surface area (Å²) in [7, 11) is 1.87. The number of halogens is 1. The fourth-order valence-electron chi connectivity index (χ4n) is 1.91. The Morgan fingerprint density at radius 2 is 1.95 bits per heavy atom. The Balaban J connectivity index is 2.31. The second kappa shape index (κ2) is 5.49. The molecule has 1 aromatic heterocycles. The molecule has 1 heterocycles. The van der Waals surface area contributed by atoms with Gasteiger partial charge in [-0.2, -0.15) is 5.26 Å². The van der Waals surface area contributed by atoms with E-state index in [1.807, 2.05) is 18.9 Å². The first-order chi connectivity index (χ1) is 9.13. The zero-order valence-corrected chi connectivity index (χ0v) is 10.8. The van der Waals surface area contributed by atoms with Crippen LogP contribution in [0.4, 0.5) is 10.2 Å². The molecule has 2 aromatic rings. The molecular formula is C15H14FN3. The van der Waals surface area contributed by atoms with E-state index in [0.717, 1.165) is 5.56 Å². The number of nitrogens with zero attached hydrogens (tertiary/aromatic N) is 3. The number of hydrogen-bond acceptors (Lipinski definition) is 3. The molecule has 0 bridgehead atoms. The predicted molar refractivity (Wildman–Crippen MR) is 72.2 cm³/mol. The minimum absolute atomic E-state index is 0.00241. The number of nitriles is 1. The Kier molecular flexibility index (Phi) is 3.76. The lowest BCUT2D eigenvalue weighted by Crippen LogP contribution is -2.23. The standard InChI is InChI=1S/C15H14FN3/c1-11(12-5-7-14(16)8-6-12)19(2)15-13(10-17)4-3-9-18-15/h3-9,11H,1-2H3. The number of hydrogen-bond donors (Lipinski definition) is 0. The van der Waals surface area contributed by atoms with Crippen LogP contribution < -0.4 is 4.90 Å². The second-order valence-corrected chi connectivity index (χ2v) is 4.32. The van der Waals surface area contributed by atoms with Crippen molar-refractivity contribution in [2.75, 3.05) is 11.9 Å². The first-order valence-electron chi connectivity index (χ1n) is 5.97. The number of aromatic nitrogens is 1. The maximum absolute atomic E-state index is 12.9. The van der Waals surface area contributed by atoms with Crippen molar-refractivity contribution in [3.05, 3.63) is 59.5 Å². The molecule has 1 atom stereocenters. The molecule has 0 aliphatic heterocycles. The largest absolute Gasteiger partial charge is 0.352 e. The monoisotopic (exact) mass is 255 g/mol. The van der Waals surface area contributed by atoms with Gasteiger partial charge in [0.15, 0.2) is 0 Å². The van der Waals surface area contributed by atoms with Crippen LogP contribution in [-0.4, -0.2) is 12.0 Å². The first kappa shape index (κ1) is 13.0. The van der Waals surface area contributed by atoms with Gasteiger partial charge in [0.05, 0.1) is 11.6 Å². The Hall–Kier alpha value is -2.41. The summed E-state index contributed by atoms with van der Waals surface area (Å²) in [4.78, 5) is 6.15. The molecule has 19 heavy (non-hydrogen) atoms. The van der Waals surface area contributed by atoms with Crippen LogP contribution >= 0.6 is 0 Å². The quantitative estimate of drug-likeness (QED) is 0.845. The van der Waals surface area contributed by atoms with Crippen molar-refractivity contribution in [3.63, 3.8) is 0 Å². The summed E-state index contributed by atoms with van der Waals surface area (Å²) in [6.45, 7) is 1.99. The molecule has 0 radical (unpaired) electrons. The molecule has 1 unspecified atom stereocenters. The third-order valence-corrected chi connectivity index (χ3v) is 3.17. The van der Waals surface area contributed by atoms with Crippen LogP contribution in [0.3, 0.4) is 0 Å². The normalized spacial score (nSPS) is 11.7. The molecule has 96 valence electrons. The van der Waals surface area contributed by atoms with E-state index in [1.165, 1.54) is 12.1 Å². The zero-order chi connectivity index (χ0) is 13.8. The van der Waals surface area contributed by atoms with Crippen LogP contribution in [0.2, 0.25) is 0 Å². The van der Waals surface area contributed by atoms with Gasteiger partial charge < -0.3 is 4.90 Å². The number of pyridine rings is 1. The number of anilines is 1. The average molecular weight is 255 g/mol. The second-order valence-electron chi connectivity index (χ2n) is 4.32. The summed E-state index contributed by atoms with van der Waals surface area (Å²) in [6.07, 6.45) is 1.66. The van der Waals surface area contributed by atoms with Crippen molar-refractivity contribution < 1.29 is 4.39 Å². The van der Waals surface area contributed by atoms with E-state index in [4.69, 9.17) is 5.26 Å². The summed E-state index contributed by atoms with van der Waals surface area (Å²) < 4.78 is 12.9. The Morgan fingerprint density at radius 1 is 1.26 bits per heavy atom. The Labute approximate surface area is 111 Å². The molecule has 0 fully saturated rings. The van der Waals surface area contributed by atoms with Crippen molar-refractivity contribution >= 4 is 5.82 Å². The van der Waals surface area contributed by atoms with Gasteiger partial charge in [0.1, 0.15) is 17.7 Å². The lowest BCUT2D eigenvalue weighted by molar-refractivity contribution is 0.625. The van der Waals surface area contributed by atoms with Crippen LogP contribution in [0, 0.1) is 17.1 Å². The molecule has 4 heteroatoms. The highest BCUT2D eigenvalue weighted by molar-refractivity contribution is 5.54. The van der Waals surface area contributed by atoms with Gasteiger partial charge in [0.2, 0.25) is 0 Å². The highest BCUT2D eigenvalue weighted by Crippen LogP contribution is 2.25. The average Bonchev–Trinajstić information content (AvgIpc) is 2.46. The van der Waals surface area contributed by atoms with E-state index in [9.17, 15) is 4.39 Å². The molecule has 0 aliphatic rings. The molecule has 1 aromatic carbocycles. The van der Waals surface area contributed by atoms with Crippen LogP contribution in [0.15, 0.2) is 42.6 Å². The lowest BCUT2D eigenvalue weighted by Gasteiger charge is -2.27. The molecule has 0 N–H and O–H groups in total. The molecule has 0 spiro atoms. The van der Waals surface area contributed by atoms with Crippen molar-refractivity contribution in [1.29, 1.82) is 5.26 Å². The number of rotatable bonds is 3. The fraction of sp³-hybridized carbons (Fsp3) is 0.200. The predicted octanol–water partition coefficient (Wildman–Crippen LogP) is 3.29. The topological polar surface area (TPSA) is 39.9 Å². The van der Waals surface area contributed by atoms with Crippen LogP contribution in [0.5, 0.6) is 0 Å². The summed E-state index contributed by atoms with van der Waals surface area (Å²) >= 11 is 0. The minimum atomic E-state index is -0.255. The van der Waals surface area contributed by atoms with Crippen molar-refractivity contribution in [2.24, 2.45) is 0 Å².